The monoisotopic (exact) mass is 297 g/mol. The number of carbonyl (C=O) groups is 2. The molecule has 0 aromatic rings. The average Bonchev–Trinajstić information content (AvgIpc) is 2.33. The Balaban J connectivity index is 2.52. The molecule has 0 aromatic carbocycles. The number of nitrogens with zero attached hydrogens (tertiary/aromatic N) is 1. The van der Waals surface area contributed by atoms with E-state index in [2.05, 4.69) is 16.8 Å². The third kappa shape index (κ3) is 4.54. The maximum absolute atomic E-state index is 12.4. The molecule has 0 saturated carbocycles. The molecule has 0 atom stereocenters. The van der Waals surface area contributed by atoms with Crippen LogP contribution in [-0.2, 0) is 9.59 Å². The fourth-order valence-corrected chi connectivity index (χ4v) is 2.79. The van der Waals surface area contributed by atoms with Gasteiger partial charge in [-0.2, -0.15) is 0 Å². The molecule has 1 rings (SSSR count). The van der Waals surface area contributed by atoms with Gasteiger partial charge in [0.2, 0.25) is 11.8 Å². The second kappa shape index (κ2) is 6.58. The van der Waals surface area contributed by atoms with Crippen molar-refractivity contribution >= 4 is 11.8 Å². The van der Waals surface area contributed by atoms with Crippen molar-refractivity contribution in [2.24, 2.45) is 10.8 Å². The molecule has 1 saturated heterocycles. The third-order valence-electron chi connectivity index (χ3n) is 3.89. The van der Waals surface area contributed by atoms with Crippen LogP contribution < -0.4 is 10.8 Å². The molecule has 6 nitrogen and oxygen atoms in total. The highest BCUT2D eigenvalue weighted by molar-refractivity contribution is 5.85. The Morgan fingerprint density at radius 2 is 1.76 bits per heavy atom. The number of nitrogens with one attached hydrogen (secondary N) is 2. The number of rotatable bonds is 7. The zero-order valence-electron chi connectivity index (χ0n) is 13.4. The summed E-state index contributed by atoms with van der Waals surface area (Å²) in [6.45, 7) is 13.2. The van der Waals surface area contributed by atoms with Crippen LogP contribution in [0.1, 0.15) is 34.1 Å². The van der Waals surface area contributed by atoms with Crippen LogP contribution in [0.3, 0.4) is 0 Å². The molecule has 120 valence electrons. The van der Waals surface area contributed by atoms with E-state index in [1.165, 1.54) is 0 Å². The summed E-state index contributed by atoms with van der Waals surface area (Å²) in [5.74, 6) is -0.547. The molecule has 1 fully saturated rings. The lowest BCUT2D eigenvalue weighted by Crippen LogP contribution is -2.61. The van der Waals surface area contributed by atoms with Crippen molar-refractivity contribution in [3.05, 3.63) is 12.7 Å². The zero-order valence-corrected chi connectivity index (χ0v) is 13.4. The first-order valence-electron chi connectivity index (χ1n) is 7.21. The van der Waals surface area contributed by atoms with E-state index in [4.69, 9.17) is 5.21 Å². The van der Waals surface area contributed by atoms with Crippen LogP contribution >= 0.6 is 0 Å². The summed E-state index contributed by atoms with van der Waals surface area (Å²) < 4.78 is 0. The van der Waals surface area contributed by atoms with Crippen LogP contribution in [0.4, 0.5) is 0 Å². The van der Waals surface area contributed by atoms with Crippen LogP contribution in [0.15, 0.2) is 12.7 Å². The molecule has 0 spiro atoms. The van der Waals surface area contributed by atoms with Crippen LogP contribution in [-0.4, -0.2) is 47.6 Å². The number of likely N-dealkylation sites (tertiary alicyclic amines) is 1. The van der Waals surface area contributed by atoms with Gasteiger partial charge in [0.1, 0.15) is 0 Å². The van der Waals surface area contributed by atoms with Gasteiger partial charge < -0.3 is 5.32 Å². The van der Waals surface area contributed by atoms with Crippen molar-refractivity contribution in [3.8, 4) is 0 Å². The second-order valence-electron chi connectivity index (χ2n) is 7.06. The Kier molecular flexibility index (Phi) is 5.53. The van der Waals surface area contributed by atoms with Gasteiger partial charge >= 0.3 is 0 Å². The Hall–Kier alpha value is -1.40. The Labute approximate surface area is 126 Å². The molecule has 0 aromatic heterocycles. The van der Waals surface area contributed by atoms with E-state index in [9.17, 15) is 9.59 Å². The van der Waals surface area contributed by atoms with Crippen molar-refractivity contribution < 1.29 is 14.8 Å². The lowest BCUT2D eigenvalue weighted by Gasteiger charge is -2.41. The van der Waals surface area contributed by atoms with Gasteiger partial charge in [-0.1, -0.05) is 33.8 Å². The maximum atomic E-state index is 12.4. The predicted octanol–water partition coefficient (Wildman–Crippen LogP) is 0.921. The van der Waals surface area contributed by atoms with Crippen molar-refractivity contribution in [1.29, 1.82) is 0 Å². The van der Waals surface area contributed by atoms with Crippen molar-refractivity contribution in [2.75, 3.05) is 19.6 Å². The van der Waals surface area contributed by atoms with Gasteiger partial charge in [-0.25, -0.2) is 5.48 Å². The number of amides is 2. The molecule has 1 aliphatic heterocycles. The summed E-state index contributed by atoms with van der Waals surface area (Å²) in [6.07, 6.45) is 2.19. The minimum atomic E-state index is -0.815. The quantitative estimate of drug-likeness (QED) is 0.371. The van der Waals surface area contributed by atoms with Gasteiger partial charge in [0.15, 0.2) is 0 Å². The first-order chi connectivity index (χ1) is 9.62. The van der Waals surface area contributed by atoms with Crippen molar-refractivity contribution in [3.63, 3.8) is 0 Å². The van der Waals surface area contributed by atoms with Crippen LogP contribution in [0.2, 0.25) is 0 Å². The number of hydrogen-bond donors (Lipinski definition) is 3. The van der Waals surface area contributed by atoms with E-state index in [1.807, 2.05) is 19.9 Å². The van der Waals surface area contributed by atoms with E-state index in [1.54, 1.807) is 19.3 Å². The molecule has 0 bridgehead atoms. The summed E-state index contributed by atoms with van der Waals surface area (Å²) in [4.78, 5) is 26.2. The first-order valence-corrected chi connectivity index (χ1v) is 7.21. The molecular formula is C15H27N3O3. The minimum Gasteiger partial charge on any atom is -0.350 e. The van der Waals surface area contributed by atoms with E-state index in [-0.39, 0.29) is 11.9 Å². The summed E-state index contributed by atoms with van der Waals surface area (Å²) in [6, 6.07) is 0.159. The van der Waals surface area contributed by atoms with Gasteiger partial charge in [-0.3, -0.25) is 19.7 Å². The SMILES string of the molecule is C=CCN1CC(NC(=O)C(C)(C)CC(C)(C)C(=O)NO)C1. The second-order valence-corrected chi connectivity index (χ2v) is 7.06. The fraction of sp³-hybridized carbons (Fsp3) is 0.733. The summed E-state index contributed by atoms with van der Waals surface area (Å²) in [7, 11) is 0. The minimum absolute atomic E-state index is 0.0652. The lowest BCUT2D eigenvalue weighted by molar-refractivity contribution is -0.142. The normalized spacial score (nSPS) is 17.0. The lowest BCUT2D eigenvalue weighted by atomic mass is 9.74. The van der Waals surface area contributed by atoms with E-state index < -0.39 is 16.7 Å². The molecule has 6 heteroatoms. The first kappa shape index (κ1) is 17.7. The van der Waals surface area contributed by atoms with Gasteiger partial charge in [-0.05, 0) is 6.42 Å². The standard InChI is InChI=1S/C15H27N3O3/c1-6-7-18-8-11(9-18)16-12(19)14(2,3)10-15(4,5)13(20)17-21/h6,11,21H,1,7-10H2,2-5H3,(H,16,19)(H,17,20). The van der Waals surface area contributed by atoms with E-state index in [0.717, 1.165) is 19.6 Å². The van der Waals surface area contributed by atoms with Crippen LogP contribution in [0, 0.1) is 10.8 Å². The van der Waals surface area contributed by atoms with Gasteiger partial charge in [0.05, 0.1) is 6.04 Å². The summed E-state index contributed by atoms with van der Waals surface area (Å²) in [5.41, 5.74) is 0.162. The average molecular weight is 297 g/mol. The molecule has 0 aliphatic carbocycles. The Morgan fingerprint density at radius 1 is 1.24 bits per heavy atom. The van der Waals surface area contributed by atoms with Crippen LogP contribution in [0.25, 0.3) is 0 Å². The van der Waals surface area contributed by atoms with Gasteiger partial charge in [-0.15, -0.1) is 6.58 Å². The molecule has 0 unspecified atom stereocenters. The van der Waals surface area contributed by atoms with Gasteiger partial charge in [0, 0.05) is 30.5 Å². The Morgan fingerprint density at radius 3 is 2.24 bits per heavy atom. The zero-order chi connectivity index (χ0) is 16.3. The summed E-state index contributed by atoms with van der Waals surface area (Å²) >= 11 is 0. The topological polar surface area (TPSA) is 81.7 Å². The molecular weight excluding hydrogens is 270 g/mol. The third-order valence-corrected chi connectivity index (χ3v) is 3.89. The predicted molar refractivity (Wildman–Crippen MR) is 80.7 cm³/mol. The number of hydroxylamine groups is 1. The van der Waals surface area contributed by atoms with Crippen LogP contribution in [0.5, 0.6) is 0 Å². The smallest absolute Gasteiger partial charge is 0.249 e. The summed E-state index contributed by atoms with van der Waals surface area (Å²) in [5, 5.41) is 11.8. The van der Waals surface area contributed by atoms with Gasteiger partial charge in [0.25, 0.3) is 0 Å². The number of carbonyl (C=O) groups excluding carboxylic acids is 2. The fourth-order valence-electron chi connectivity index (χ4n) is 2.79. The highest BCUT2D eigenvalue weighted by Crippen LogP contribution is 2.34. The molecule has 2 amide bonds. The van der Waals surface area contributed by atoms with Crippen molar-refractivity contribution in [1.82, 2.24) is 15.7 Å². The molecule has 1 heterocycles. The molecule has 1 aliphatic rings. The van der Waals surface area contributed by atoms with Crippen molar-refractivity contribution in [2.45, 2.75) is 40.2 Å². The largest absolute Gasteiger partial charge is 0.350 e. The molecule has 21 heavy (non-hydrogen) atoms. The molecule has 0 radical (unpaired) electrons. The number of hydrogen-bond acceptors (Lipinski definition) is 4. The highest BCUT2D eigenvalue weighted by Gasteiger charge is 2.40. The highest BCUT2D eigenvalue weighted by atomic mass is 16.5. The maximum Gasteiger partial charge on any atom is 0.249 e. The van der Waals surface area contributed by atoms with E-state index in [0.29, 0.717) is 6.42 Å². The molecule has 3 N–H and O–H groups in total. The van der Waals surface area contributed by atoms with E-state index >= 15 is 0 Å². The Bertz CT molecular complexity index is 412.